The van der Waals surface area contributed by atoms with Gasteiger partial charge in [-0.15, -0.1) is 0 Å². The highest BCUT2D eigenvalue weighted by atomic mass is 16.5. The van der Waals surface area contributed by atoms with Crippen LogP contribution in [-0.4, -0.2) is 31.9 Å². The van der Waals surface area contributed by atoms with Crippen molar-refractivity contribution in [1.29, 1.82) is 0 Å². The van der Waals surface area contributed by atoms with Crippen LogP contribution in [-0.2, 0) is 6.42 Å². The number of aromatic hydroxyl groups is 1. The van der Waals surface area contributed by atoms with Gasteiger partial charge in [0.25, 0.3) is 0 Å². The summed E-state index contributed by atoms with van der Waals surface area (Å²) in [5.41, 5.74) is 0.888. The van der Waals surface area contributed by atoms with Gasteiger partial charge in [0.1, 0.15) is 5.75 Å². The second-order valence-corrected chi connectivity index (χ2v) is 3.83. The Bertz CT molecular complexity index is 366. The van der Waals surface area contributed by atoms with Crippen molar-refractivity contribution in [3.63, 3.8) is 0 Å². The number of phenols is 1. The lowest BCUT2D eigenvalue weighted by atomic mass is 10.1. The molecule has 0 saturated carbocycles. The molecule has 1 aliphatic rings. The fourth-order valence-corrected chi connectivity index (χ4v) is 1.70. The number of likely N-dealkylation sites (N-methyl/N-ethyl adjacent to an activating group) is 1. The number of hydrogen-bond donors (Lipinski definition) is 2. The topological polar surface area (TPSA) is 50.7 Å². The van der Waals surface area contributed by atoms with E-state index < -0.39 is 0 Å². The maximum absolute atomic E-state index is 9.82. The molecule has 1 aromatic rings. The maximum Gasteiger partial charge on any atom is 0.164 e. The first-order chi connectivity index (χ1) is 7.81. The van der Waals surface area contributed by atoms with E-state index >= 15 is 0 Å². The molecular weight excluding hydrogens is 206 g/mol. The number of fused-ring (bicyclic) bond motifs is 1. The Morgan fingerprint density at radius 3 is 2.62 bits per heavy atom. The smallest absolute Gasteiger partial charge is 0.164 e. The normalized spacial score (nSPS) is 14.6. The van der Waals surface area contributed by atoms with Crippen molar-refractivity contribution < 1.29 is 14.6 Å². The molecule has 0 radical (unpaired) electrons. The van der Waals surface area contributed by atoms with Gasteiger partial charge in [-0.1, -0.05) is 0 Å². The van der Waals surface area contributed by atoms with Crippen LogP contribution in [0.2, 0.25) is 0 Å². The molecule has 0 unspecified atom stereocenters. The van der Waals surface area contributed by atoms with Crippen molar-refractivity contribution in [2.45, 2.75) is 12.8 Å². The number of nitrogens with one attached hydrogen (secondary N) is 1. The van der Waals surface area contributed by atoms with Gasteiger partial charge in [0.05, 0.1) is 13.2 Å². The van der Waals surface area contributed by atoms with Gasteiger partial charge >= 0.3 is 0 Å². The van der Waals surface area contributed by atoms with Crippen molar-refractivity contribution in [2.24, 2.45) is 0 Å². The van der Waals surface area contributed by atoms with Crippen LogP contribution in [0.15, 0.2) is 12.1 Å². The molecule has 1 heterocycles. The zero-order valence-corrected chi connectivity index (χ0v) is 9.45. The largest absolute Gasteiger partial charge is 0.508 e. The minimum Gasteiger partial charge on any atom is -0.508 e. The number of ether oxygens (including phenoxy) is 2. The molecule has 0 bridgehead atoms. The summed E-state index contributed by atoms with van der Waals surface area (Å²) in [5.74, 6) is 1.66. The summed E-state index contributed by atoms with van der Waals surface area (Å²) >= 11 is 0. The van der Waals surface area contributed by atoms with E-state index in [-0.39, 0.29) is 5.75 Å². The van der Waals surface area contributed by atoms with E-state index in [0.29, 0.717) is 19.0 Å². The van der Waals surface area contributed by atoms with E-state index in [1.54, 1.807) is 6.07 Å². The molecule has 4 nitrogen and oxygen atoms in total. The van der Waals surface area contributed by atoms with Crippen LogP contribution in [0.25, 0.3) is 0 Å². The quantitative estimate of drug-likeness (QED) is 0.811. The summed E-state index contributed by atoms with van der Waals surface area (Å²) < 4.78 is 11.1. The summed E-state index contributed by atoms with van der Waals surface area (Å²) in [6.45, 7) is 2.14. The number of hydrogen-bond acceptors (Lipinski definition) is 4. The van der Waals surface area contributed by atoms with Crippen LogP contribution in [0.5, 0.6) is 17.2 Å². The zero-order valence-electron chi connectivity index (χ0n) is 9.45. The van der Waals surface area contributed by atoms with Crippen LogP contribution >= 0.6 is 0 Å². The minimum absolute atomic E-state index is 0.277. The molecular formula is C12H17NO3. The Morgan fingerprint density at radius 1 is 1.25 bits per heavy atom. The fourth-order valence-electron chi connectivity index (χ4n) is 1.70. The first-order valence-electron chi connectivity index (χ1n) is 5.57. The highest BCUT2D eigenvalue weighted by Gasteiger charge is 2.14. The van der Waals surface area contributed by atoms with Gasteiger partial charge in [-0.3, -0.25) is 0 Å². The standard InChI is InChI=1S/C12H17NO3/c1-13-4-3-9-7-11-12(8-10(9)14)16-6-2-5-15-11/h7-8,13-14H,2-6H2,1H3. The number of benzene rings is 1. The van der Waals surface area contributed by atoms with Crippen molar-refractivity contribution in [3.05, 3.63) is 17.7 Å². The first-order valence-corrected chi connectivity index (χ1v) is 5.57. The molecule has 88 valence electrons. The Hall–Kier alpha value is -1.42. The molecule has 0 spiro atoms. The Kier molecular flexibility index (Phi) is 3.51. The van der Waals surface area contributed by atoms with Crippen LogP contribution in [0.3, 0.4) is 0 Å². The molecule has 16 heavy (non-hydrogen) atoms. The highest BCUT2D eigenvalue weighted by Crippen LogP contribution is 2.35. The molecule has 1 aliphatic heterocycles. The van der Waals surface area contributed by atoms with E-state index in [0.717, 1.165) is 30.7 Å². The van der Waals surface area contributed by atoms with Crippen molar-refractivity contribution in [2.75, 3.05) is 26.8 Å². The third kappa shape index (κ3) is 2.39. The van der Waals surface area contributed by atoms with E-state index in [4.69, 9.17) is 9.47 Å². The summed E-state index contributed by atoms with van der Waals surface area (Å²) in [6, 6.07) is 3.51. The Morgan fingerprint density at radius 2 is 1.94 bits per heavy atom. The average Bonchev–Trinajstić information content (AvgIpc) is 2.50. The molecule has 0 atom stereocenters. The average molecular weight is 223 g/mol. The van der Waals surface area contributed by atoms with Gasteiger partial charge in [0, 0.05) is 12.5 Å². The van der Waals surface area contributed by atoms with Gasteiger partial charge in [-0.05, 0) is 31.6 Å². The van der Waals surface area contributed by atoms with Gasteiger partial charge in [0.15, 0.2) is 11.5 Å². The van der Waals surface area contributed by atoms with Gasteiger partial charge in [-0.25, -0.2) is 0 Å². The number of rotatable bonds is 3. The maximum atomic E-state index is 9.82. The van der Waals surface area contributed by atoms with Gasteiger partial charge in [-0.2, -0.15) is 0 Å². The SMILES string of the molecule is CNCCc1cc2c(cc1O)OCCCO2. The molecule has 0 fully saturated rings. The third-order valence-electron chi connectivity index (χ3n) is 2.59. The predicted molar refractivity (Wildman–Crippen MR) is 61.3 cm³/mol. The predicted octanol–water partition coefficient (Wildman–Crippen LogP) is 1.32. The lowest BCUT2D eigenvalue weighted by Gasteiger charge is -2.11. The lowest BCUT2D eigenvalue weighted by Crippen LogP contribution is -2.10. The van der Waals surface area contributed by atoms with Gasteiger partial charge < -0.3 is 19.9 Å². The third-order valence-corrected chi connectivity index (χ3v) is 2.59. The van der Waals surface area contributed by atoms with Crippen LogP contribution in [0.1, 0.15) is 12.0 Å². The molecule has 0 saturated heterocycles. The summed E-state index contributed by atoms with van der Waals surface area (Å²) in [6.07, 6.45) is 1.65. The van der Waals surface area contributed by atoms with Crippen molar-refractivity contribution in [1.82, 2.24) is 5.32 Å². The second-order valence-electron chi connectivity index (χ2n) is 3.83. The van der Waals surface area contributed by atoms with E-state index in [2.05, 4.69) is 5.32 Å². The molecule has 2 rings (SSSR count). The van der Waals surface area contributed by atoms with Crippen LogP contribution in [0, 0.1) is 0 Å². The monoisotopic (exact) mass is 223 g/mol. The summed E-state index contributed by atoms with van der Waals surface area (Å²) in [4.78, 5) is 0. The van der Waals surface area contributed by atoms with E-state index in [1.807, 2.05) is 13.1 Å². The lowest BCUT2D eigenvalue weighted by molar-refractivity contribution is 0.296. The molecule has 0 aliphatic carbocycles. The summed E-state index contributed by atoms with van der Waals surface area (Å²) in [5, 5.41) is 12.9. The van der Waals surface area contributed by atoms with Crippen molar-refractivity contribution in [3.8, 4) is 17.2 Å². The second kappa shape index (κ2) is 5.07. The molecule has 2 N–H and O–H groups in total. The molecule has 4 heteroatoms. The van der Waals surface area contributed by atoms with Crippen molar-refractivity contribution >= 4 is 0 Å². The van der Waals surface area contributed by atoms with E-state index in [9.17, 15) is 5.11 Å². The highest BCUT2D eigenvalue weighted by molar-refractivity contribution is 5.50. The Balaban J connectivity index is 2.24. The fraction of sp³-hybridized carbons (Fsp3) is 0.500. The molecule has 0 aromatic heterocycles. The van der Waals surface area contributed by atoms with Crippen LogP contribution < -0.4 is 14.8 Å². The molecule has 0 amide bonds. The summed E-state index contributed by atoms with van der Waals surface area (Å²) in [7, 11) is 1.89. The zero-order chi connectivity index (χ0) is 11.4. The van der Waals surface area contributed by atoms with Crippen LogP contribution in [0.4, 0.5) is 0 Å². The van der Waals surface area contributed by atoms with E-state index in [1.165, 1.54) is 0 Å². The first kappa shape index (κ1) is 11.1. The molecule has 1 aromatic carbocycles. The Labute approximate surface area is 95.2 Å². The minimum atomic E-state index is 0.277. The van der Waals surface area contributed by atoms with Gasteiger partial charge in [0.2, 0.25) is 0 Å². The number of phenolic OH excluding ortho intramolecular Hbond substituents is 1.